The summed E-state index contributed by atoms with van der Waals surface area (Å²) in [5, 5.41) is 3.13. The molecule has 2 heterocycles. The van der Waals surface area contributed by atoms with Crippen LogP contribution in [0.3, 0.4) is 0 Å². The van der Waals surface area contributed by atoms with Gasteiger partial charge in [0.2, 0.25) is 5.91 Å². The molecule has 2 aromatic heterocycles. The predicted molar refractivity (Wildman–Crippen MR) is 101 cm³/mol. The van der Waals surface area contributed by atoms with Crippen LogP contribution in [-0.2, 0) is 11.3 Å². The van der Waals surface area contributed by atoms with Crippen LogP contribution >= 0.6 is 11.3 Å². The molecule has 0 aliphatic carbocycles. The number of fused-ring (bicyclic) bond motifs is 3. The van der Waals surface area contributed by atoms with Crippen molar-refractivity contribution in [3.05, 3.63) is 70.5 Å². The number of carbonyl (C=O) groups excluding carboxylic acids is 1. The Balaban J connectivity index is 1.69. The van der Waals surface area contributed by atoms with Crippen molar-refractivity contribution in [3.8, 4) is 0 Å². The van der Waals surface area contributed by atoms with Crippen LogP contribution in [0, 0.1) is 12.7 Å². The Labute approximate surface area is 151 Å². The van der Waals surface area contributed by atoms with Crippen LogP contribution in [0.15, 0.2) is 53.6 Å². The number of aryl methyl sites for hydroxylation is 1. The fourth-order valence-corrected chi connectivity index (χ4v) is 3.96. The summed E-state index contributed by atoms with van der Waals surface area (Å²) in [6.45, 7) is 1.73. The molecule has 0 atom stereocenters. The van der Waals surface area contributed by atoms with Gasteiger partial charge in [0.1, 0.15) is 17.1 Å². The van der Waals surface area contributed by atoms with Gasteiger partial charge < -0.3 is 5.32 Å². The predicted octanol–water partition coefficient (Wildman–Crippen LogP) is 3.70. The summed E-state index contributed by atoms with van der Waals surface area (Å²) in [7, 11) is 0. The summed E-state index contributed by atoms with van der Waals surface area (Å²) in [5.41, 5.74) is 1.62. The van der Waals surface area contributed by atoms with Gasteiger partial charge in [-0.15, -0.1) is 11.3 Å². The van der Waals surface area contributed by atoms with Gasteiger partial charge in [-0.3, -0.25) is 14.2 Å². The van der Waals surface area contributed by atoms with Crippen LogP contribution in [-0.4, -0.2) is 15.5 Å². The number of carbonyl (C=O) groups is 1. The van der Waals surface area contributed by atoms with Gasteiger partial charge in [0.25, 0.3) is 5.56 Å². The van der Waals surface area contributed by atoms with Gasteiger partial charge in [0, 0.05) is 10.4 Å². The van der Waals surface area contributed by atoms with E-state index in [1.807, 2.05) is 25.1 Å². The molecular formula is C19H14FN3O2S. The lowest BCUT2D eigenvalue weighted by molar-refractivity contribution is -0.116. The SMILES string of the molecule is Cc1ccccc1NC(=O)Cn1cnc2c(sc3cccc(F)c32)c1=O. The standard InChI is InChI=1S/C19H14FN3O2S/c1-11-5-2-3-7-13(11)22-15(24)9-23-10-21-17-16-12(20)6-4-8-14(16)26-18(17)19(23)25/h2-8,10H,9H2,1H3,(H,22,24). The monoisotopic (exact) mass is 367 g/mol. The number of para-hydroxylation sites is 1. The van der Waals surface area contributed by atoms with E-state index >= 15 is 0 Å². The minimum atomic E-state index is -0.407. The molecule has 0 fully saturated rings. The van der Waals surface area contributed by atoms with E-state index in [1.54, 1.807) is 18.2 Å². The zero-order valence-electron chi connectivity index (χ0n) is 13.8. The van der Waals surface area contributed by atoms with Crippen LogP contribution < -0.4 is 10.9 Å². The highest BCUT2D eigenvalue weighted by molar-refractivity contribution is 7.25. The van der Waals surface area contributed by atoms with Crippen molar-refractivity contribution in [1.29, 1.82) is 0 Å². The van der Waals surface area contributed by atoms with Crippen molar-refractivity contribution in [2.75, 3.05) is 5.32 Å². The van der Waals surface area contributed by atoms with E-state index in [4.69, 9.17) is 0 Å². The smallest absolute Gasteiger partial charge is 0.271 e. The van der Waals surface area contributed by atoms with Crippen molar-refractivity contribution in [3.63, 3.8) is 0 Å². The highest BCUT2D eigenvalue weighted by Gasteiger charge is 2.15. The molecule has 130 valence electrons. The summed E-state index contributed by atoms with van der Waals surface area (Å²) >= 11 is 1.18. The molecule has 0 unspecified atom stereocenters. The number of nitrogens with zero attached hydrogens (tertiary/aromatic N) is 2. The topological polar surface area (TPSA) is 64.0 Å². The third kappa shape index (κ3) is 2.76. The minimum Gasteiger partial charge on any atom is -0.324 e. The first-order valence-corrected chi connectivity index (χ1v) is 8.78. The maximum Gasteiger partial charge on any atom is 0.271 e. The Bertz CT molecular complexity index is 1210. The largest absolute Gasteiger partial charge is 0.324 e. The fraction of sp³-hybridized carbons (Fsp3) is 0.105. The molecule has 0 bridgehead atoms. The number of nitrogens with one attached hydrogen (secondary N) is 1. The number of aromatic nitrogens is 2. The Kier molecular flexibility index (Phi) is 4.00. The summed E-state index contributed by atoms with van der Waals surface area (Å²) in [4.78, 5) is 29.2. The molecule has 0 saturated heterocycles. The van der Waals surface area contributed by atoms with Crippen molar-refractivity contribution < 1.29 is 9.18 Å². The van der Waals surface area contributed by atoms with Gasteiger partial charge in [0.05, 0.1) is 17.2 Å². The van der Waals surface area contributed by atoms with Crippen molar-refractivity contribution in [1.82, 2.24) is 9.55 Å². The van der Waals surface area contributed by atoms with E-state index in [-0.39, 0.29) is 18.0 Å². The first-order valence-electron chi connectivity index (χ1n) is 7.96. The highest BCUT2D eigenvalue weighted by Crippen LogP contribution is 2.31. The van der Waals surface area contributed by atoms with E-state index in [9.17, 15) is 14.0 Å². The van der Waals surface area contributed by atoms with Gasteiger partial charge in [-0.05, 0) is 30.7 Å². The van der Waals surface area contributed by atoms with Crippen LogP contribution in [0.4, 0.5) is 10.1 Å². The van der Waals surface area contributed by atoms with Gasteiger partial charge in [-0.1, -0.05) is 24.3 Å². The molecule has 0 radical (unpaired) electrons. The number of halogens is 1. The minimum absolute atomic E-state index is 0.160. The first kappa shape index (κ1) is 16.4. The van der Waals surface area contributed by atoms with E-state index in [0.717, 1.165) is 5.56 Å². The van der Waals surface area contributed by atoms with E-state index in [1.165, 1.54) is 28.3 Å². The number of rotatable bonds is 3. The van der Waals surface area contributed by atoms with Crippen LogP contribution in [0.1, 0.15) is 5.56 Å². The van der Waals surface area contributed by atoms with Crippen LogP contribution in [0.5, 0.6) is 0 Å². The third-order valence-corrected chi connectivity index (χ3v) is 5.29. The lowest BCUT2D eigenvalue weighted by Gasteiger charge is -2.09. The first-order chi connectivity index (χ1) is 12.5. The molecule has 4 aromatic rings. The summed E-state index contributed by atoms with van der Waals surface area (Å²) in [6.07, 6.45) is 1.29. The number of thiophene rings is 1. The average molecular weight is 367 g/mol. The molecule has 2 aromatic carbocycles. The van der Waals surface area contributed by atoms with E-state index in [2.05, 4.69) is 10.3 Å². The third-order valence-electron chi connectivity index (χ3n) is 4.15. The molecule has 0 aliphatic rings. The molecule has 26 heavy (non-hydrogen) atoms. The molecule has 0 spiro atoms. The second-order valence-corrected chi connectivity index (χ2v) is 6.99. The Morgan fingerprint density at radius 1 is 1.23 bits per heavy atom. The lowest BCUT2D eigenvalue weighted by Crippen LogP contribution is -2.27. The van der Waals surface area contributed by atoms with Crippen LogP contribution in [0.2, 0.25) is 0 Å². The Morgan fingerprint density at radius 2 is 2.04 bits per heavy atom. The molecular weight excluding hydrogens is 353 g/mol. The van der Waals surface area contributed by atoms with Gasteiger partial charge in [0.15, 0.2) is 0 Å². The van der Waals surface area contributed by atoms with Gasteiger partial charge >= 0.3 is 0 Å². The molecule has 0 aliphatic heterocycles. The molecule has 4 rings (SSSR count). The second kappa shape index (κ2) is 6.34. The highest BCUT2D eigenvalue weighted by atomic mass is 32.1. The normalized spacial score (nSPS) is 11.2. The van der Waals surface area contributed by atoms with Crippen molar-refractivity contribution >= 4 is 43.2 Å². The Morgan fingerprint density at radius 3 is 2.85 bits per heavy atom. The maximum atomic E-state index is 14.1. The average Bonchev–Trinajstić information content (AvgIpc) is 3.00. The fourth-order valence-electron chi connectivity index (χ4n) is 2.84. The molecule has 5 nitrogen and oxygen atoms in total. The summed E-state index contributed by atoms with van der Waals surface area (Å²) in [5.74, 6) is -0.731. The summed E-state index contributed by atoms with van der Waals surface area (Å²) < 4.78 is 16.3. The van der Waals surface area contributed by atoms with Gasteiger partial charge in [-0.2, -0.15) is 0 Å². The number of anilines is 1. The lowest BCUT2D eigenvalue weighted by atomic mass is 10.2. The van der Waals surface area contributed by atoms with Crippen molar-refractivity contribution in [2.24, 2.45) is 0 Å². The zero-order valence-corrected chi connectivity index (χ0v) is 14.6. The molecule has 7 heteroatoms. The number of hydrogen-bond donors (Lipinski definition) is 1. The zero-order chi connectivity index (χ0) is 18.3. The molecule has 0 saturated carbocycles. The van der Waals surface area contributed by atoms with Crippen molar-refractivity contribution in [2.45, 2.75) is 13.5 Å². The number of hydrogen-bond acceptors (Lipinski definition) is 4. The second-order valence-electron chi connectivity index (χ2n) is 5.93. The van der Waals surface area contributed by atoms with E-state index in [0.29, 0.717) is 26.0 Å². The summed E-state index contributed by atoms with van der Waals surface area (Å²) in [6, 6.07) is 12.1. The number of benzene rings is 2. The number of amides is 1. The molecule has 1 N–H and O–H groups in total. The quantitative estimate of drug-likeness (QED) is 0.601. The maximum absolute atomic E-state index is 14.1. The van der Waals surface area contributed by atoms with Crippen LogP contribution in [0.25, 0.3) is 20.3 Å². The Hall–Kier alpha value is -3.06. The van der Waals surface area contributed by atoms with Gasteiger partial charge in [-0.25, -0.2) is 9.37 Å². The molecule has 1 amide bonds. The van der Waals surface area contributed by atoms with E-state index < -0.39 is 5.82 Å².